The largest absolute Gasteiger partial charge is 0.382 e. The van der Waals surface area contributed by atoms with Crippen molar-refractivity contribution in [3.05, 3.63) is 54.1 Å². The second-order valence-electron chi connectivity index (χ2n) is 7.64. The molecule has 0 atom stereocenters. The van der Waals surface area contributed by atoms with Gasteiger partial charge < -0.3 is 19.8 Å². The lowest BCUT2D eigenvalue weighted by molar-refractivity contribution is 0.0722. The molecule has 1 aromatic heterocycles. The van der Waals surface area contributed by atoms with Crippen LogP contribution in [0.5, 0.6) is 0 Å². The summed E-state index contributed by atoms with van der Waals surface area (Å²) in [6.45, 7) is 2.01. The molecule has 1 aliphatic carbocycles. The van der Waals surface area contributed by atoms with Crippen molar-refractivity contribution in [2.24, 2.45) is 0 Å². The molecule has 4 heteroatoms. The van der Waals surface area contributed by atoms with E-state index in [0.717, 1.165) is 6.42 Å². The lowest BCUT2D eigenvalue weighted by Gasteiger charge is -2.16. The normalized spacial score (nSPS) is 14.8. The first-order valence-corrected chi connectivity index (χ1v) is 10.4. The summed E-state index contributed by atoms with van der Waals surface area (Å²) < 4.78 is 10.7. The van der Waals surface area contributed by atoms with Crippen LogP contribution in [0.25, 0.3) is 22.2 Å². The summed E-state index contributed by atoms with van der Waals surface area (Å²) in [6, 6.07) is 18.0. The fraction of sp³-hybridized carbons (Fsp3) is 0.417. The van der Waals surface area contributed by atoms with Gasteiger partial charge in [0, 0.05) is 24.2 Å². The smallest absolute Gasteiger partial charge is 0.0700 e. The van der Waals surface area contributed by atoms with E-state index in [0.29, 0.717) is 25.9 Å². The van der Waals surface area contributed by atoms with Crippen molar-refractivity contribution in [3.8, 4) is 11.3 Å². The summed E-state index contributed by atoms with van der Waals surface area (Å²) in [5.74, 6) is 0. The molecule has 0 aliphatic heterocycles. The SMILES string of the molecule is COCCOCCc1cc(NC2CCCC2)c2[nH]c(-c3ccccc3)cc2c1. The molecular weight excluding hydrogens is 348 g/mol. The number of aromatic amines is 1. The summed E-state index contributed by atoms with van der Waals surface area (Å²) >= 11 is 0. The van der Waals surface area contributed by atoms with Gasteiger partial charge >= 0.3 is 0 Å². The number of aromatic nitrogens is 1. The van der Waals surface area contributed by atoms with Crippen LogP contribution in [0.2, 0.25) is 0 Å². The second-order valence-corrected chi connectivity index (χ2v) is 7.64. The highest BCUT2D eigenvalue weighted by Gasteiger charge is 2.17. The van der Waals surface area contributed by atoms with Crippen molar-refractivity contribution in [2.45, 2.75) is 38.1 Å². The van der Waals surface area contributed by atoms with E-state index in [2.05, 4.69) is 58.8 Å². The van der Waals surface area contributed by atoms with Gasteiger partial charge in [-0.2, -0.15) is 0 Å². The number of nitrogens with one attached hydrogen (secondary N) is 2. The highest BCUT2D eigenvalue weighted by Crippen LogP contribution is 2.32. The van der Waals surface area contributed by atoms with Crippen molar-refractivity contribution in [1.82, 2.24) is 4.98 Å². The number of methoxy groups -OCH3 is 1. The Hall–Kier alpha value is -2.30. The summed E-state index contributed by atoms with van der Waals surface area (Å²) in [4.78, 5) is 3.66. The molecule has 148 valence electrons. The summed E-state index contributed by atoms with van der Waals surface area (Å²) in [6.07, 6.45) is 6.09. The van der Waals surface area contributed by atoms with E-state index in [9.17, 15) is 0 Å². The maximum absolute atomic E-state index is 5.68. The van der Waals surface area contributed by atoms with Gasteiger partial charge in [-0.05, 0) is 48.6 Å². The molecule has 3 aromatic rings. The molecule has 1 saturated carbocycles. The Labute approximate surface area is 167 Å². The maximum Gasteiger partial charge on any atom is 0.0700 e. The minimum absolute atomic E-state index is 0.583. The quantitative estimate of drug-likeness (QED) is 0.490. The minimum Gasteiger partial charge on any atom is -0.382 e. The first kappa shape index (κ1) is 19.0. The number of anilines is 1. The van der Waals surface area contributed by atoms with E-state index in [1.807, 2.05) is 0 Å². The van der Waals surface area contributed by atoms with Crippen LogP contribution in [0.1, 0.15) is 31.2 Å². The Morgan fingerprint density at radius 1 is 1.00 bits per heavy atom. The van der Waals surface area contributed by atoms with Crippen molar-refractivity contribution in [3.63, 3.8) is 0 Å². The highest BCUT2D eigenvalue weighted by atomic mass is 16.5. The fourth-order valence-corrected chi connectivity index (χ4v) is 4.06. The topological polar surface area (TPSA) is 46.3 Å². The molecule has 0 radical (unpaired) electrons. The molecule has 2 N–H and O–H groups in total. The van der Waals surface area contributed by atoms with Gasteiger partial charge in [-0.3, -0.25) is 0 Å². The van der Waals surface area contributed by atoms with E-state index in [4.69, 9.17) is 9.47 Å². The zero-order valence-corrected chi connectivity index (χ0v) is 16.7. The van der Waals surface area contributed by atoms with Gasteiger partial charge in [0.25, 0.3) is 0 Å². The lowest BCUT2D eigenvalue weighted by atomic mass is 10.1. The fourth-order valence-electron chi connectivity index (χ4n) is 4.06. The number of hydrogen-bond donors (Lipinski definition) is 2. The molecular formula is C24H30N2O2. The molecule has 0 bridgehead atoms. The van der Waals surface area contributed by atoms with E-state index in [1.54, 1.807) is 7.11 Å². The second kappa shape index (κ2) is 9.26. The molecule has 0 amide bonds. The lowest BCUT2D eigenvalue weighted by Crippen LogP contribution is -2.15. The van der Waals surface area contributed by atoms with Crippen LogP contribution in [-0.2, 0) is 15.9 Å². The Kier molecular flexibility index (Phi) is 6.30. The molecule has 1 fully saturated rings. The zero-order chi connectivity index (χ0) is 19.2. The first-order chi connectivity index (χ1) is 13.8. The monoisotopic (exact) mass is 378 g/mol. The molecule has 0 unspecified atom stereocenters. The van der Waals surface area contributed by atoms with Crippen LogP contribution in [0.15, 0.2) is 48.5 Å². The summed E-state index contributed by atoms with van der Waals surface area (Å²) in [7, 11) is 1.70. The van der Waals surface area contributed by atoms with Gasteiger partial charge in [0.05, 0.1) is 31.0 Å². The molecule has 4 rings (SSSR count). The summed E-state index contributed by atoms with van der Waals surface area (Å²) in [5.41, 5.74) is 6.12. The van der Waals surface area contributed by atoms with Crippen LogP contribution >= 0.6 is 0 Å². The third-order valence-electron chi connectivity index (χ3n) is 5.55. The molecule has 0 saturated heterocycles. The van der Waals surface area contributed by atoms with Crippen molar-refractivity contribution < 1.29 is 9.47 Å². The van der Waals surface area contributed by atoms with Crippen molar-refractivity contribution in [1.29, 1.82) is 0 Å². The van der Waals surface area contributed by atoms with Crippen LogP contribution in [0.4, 0.5) is 5.69 Å². The van der Waals surface area contributed by atoms with Gasteiger partial charge in [0.2, 0.25) is 0 Å². The molecule has 0 spiro atoms. The van der Waals surface area contributed by atoms with Crippen LogP contribution in [0, 0.1) is 0 Å². The van der Waals surface area contributed by atoms with E-state index < -0.39 is 0 Å². The average Bonchev–Trinajstić information content (AvgIpc) is 3.38. The number of ether oxygens (including phenoxy) is 2. The Balaban J connectivity index is 1.60. The van der Waals surface area contributed by atoms with Gasteiger partial charge in [0.15, 0.2) is 0 Å². The van der Waals surface area contributed by atoms with Crippen molar-refractivity contribution in [2.75, 3.05) is 32.2 Å². The van der Waals surface area contributed by atoms with E-state index in [-0.39, 0.29) is 0 Å². The Bertz CT molecular complexity index is 882. The molecule has 2 aromatic carbocycles. The molecule has 28 heavy (non-hydrogen) atoms. The third-order valence-corrected chi connectivity index (χ3v) is 5.55. The predicted octanol–water partition coefficient (Wildman–Crippen LogP) is 5.39. The number of hydrogen-bond acceptors (Lipinski definition) is 3. The predicted molar refractivity (Wildman–Crippen MR) is 116 cm³/mol. The molecule has 1 aliphatic rings. The molecule has 1 heterocycles. The van der Waals surface area contributed by atoms with Crippen molar-refractivity contribution >= 4 is 16.6 Å². The van der Waals surface area contributed by atoms with Gasteiger partial charge in [-0.1, -0.05) is 43.2 Å². The van der Waals surface area contributed by atoms with Gasteiger partial charge in [-0.25, -0.2) is 0 Å². The zero-order valence-electron chi connectivity index (χ0n) is 16.7. The van der Waals surface area contributed by atoms with Gasteiger partial charge in [0.1, 0.15) is 0 Å². The minimum atomic E-state index is 0.583. The highest BCUT2D eigenvalue weighted by molar-refractivity contribution is 5.95. The van der Waals surface area contributed by atoms with Crippen LogP contribution in [0.3, 0.4) is 0 Å². The van der Waals surface area contributed by atoms with E-state index >= 15 is 0 Å². The maximum atomic E-state index is 5.68. The van der Waals surface area contributed by atoms with Gasteiger partial charge in [-0.15, -0.1) is 0 Å². The number of fused-ring (bicyclic) bond motifs is 1. The van der Waals surface area contributed by atoms with Crippen LogP contribution < -0.4 is 5.32 Å². The molecule has 4 nitrogen and oxygen atoms in total. The number of H-pyrrole nitrogens is 1. The summed E-state index contributed by atoms with van der Waals surface area (Å²) in [5, 5.41) is 5.07. The van der Waals surface area contributed by atoms with Crippen LogP contribution in [-0.4, -0.2) is 38.0 Å². The number of rotatable bonds is 9. The Morgan fingerprint density at radius 2 is 1.82 bits per heavy atom. The van der Waals surface area contributed by atoms with E-state index in [1.165, 1.54) is 59.1 Å². The number of benzene rings is 2. The third kappa shape index (κ3) is 4.57. The average molecular weight is 379 g/mol. The standard InChI is InChI=1S/C24H30N2O2/c1-27-13-14-28-12-11-18-15-20-17-22(19-7-3-2-4-8-19)26-24(20)23(16-18)25-21-9-5-6-10-21/h2-4,7-8,15-17,21,25-26H,5-6,9-14H2,1H3. The Morgan fingerprint density at radius 3 is 2.61 bits per heavy atom. The first-order valence-electron chi connectivity index (χ1n) is 10.4.